The summed E-state index contributed by atoms with van der Waals surface area (Å²) in [5.41, 5.74) is 2.36. The van der Waals surface area contributed by atoms with E-state index in [1.165, 1.54) is 0 Å². The number of amides is 1. The van der Waals surface area contributed by atoms with Crippen LogP contribution in [0.1, 0.15) is 22.7 Å². The molecule has 0 fully saturated rings. The van der Waals surface area contributed by atoms with Gasteiger partial charge in [0.25, 0.3) is 5.91 Å². The molecule has 0 spiro atoms. The van der Waals surface area contributed by atoms with Crippen LogP contribution in [-0.4, -0.2) is 12.5 Å². The van der Waals surface area contributed by atoms with Crippen molar-refractivity contribution in [3.8, 4) is 11.8 Å². The van der Waals surface area contributed by atoms with Crippen molar-refractivity contribution < 1.29 is 9.53 Å². The Morgan fingerprint density at radius 1 is 1.00 bits per heavy atom. The average Bonchev–Trinajstić information content (AvgIpc) is 2.72. The van der Waals surface area contributed by atoms with Gasteiger partial charge in [-0.2, -0.15) is 5.26 Å². The normalized spacial score (nSPS) is 11.3. The first kappa shape index (κ1) is 18.5. The third kappa shape index (κ3) is 5.10. The highest BCUT2D eigenvalue weighted by molar-refractivity contribution is 6.30. The molecule has 0 radical (unpaired) electrons. The summed E-state index contributed by atoms with van der Waals surface area (Å²) in [5, 5.41) is 12.6. The van der Waals surface area contributed by atoms with E-state index in [0.29, 0.717) is 16.3 Å². The summed E-state index contributed by atoms with van der Waals surface area (Å²) in [6, 6.07) is 25.5. The van der Waals surface area contributed by atoms with E-state index in [1.54, 1.807) is 36.4 Å². The van der Waals surface area contributed by atoms with Crippen molar-refractivity contribution in [1.82, 2.24) is 5.32 Å². The number of hydrogen-bond donors (Lipinski definition) is 1. The lowest BCUT2D eigenvalue weighted by molar-refractivity contribution is -0.123. The molecule has 0 bridgehead atoms. The van der Waals surface area contributed by atoms with Crippen LogP contribution in [0.4, 0.5) is 0 Å². The van der Waals surface area contributed by atoms with Gasteiger partial charge in [0.15, 0.2) is 6.61 Å². The standard InChI is InChI=1S/C22H17ClN2O2/c23-19-11-9-18(10-12-19)22(17-6-2-1-3-7-17)25-21(26)15-27-20-8-4-5-16(13-20)14-24/h1-13,22H,15H2,(H,25,26)/t22-/m0/s1. The summed E-state index contributed by atoms with van der Waals surface area (Å²) >= 11 is 5.98. The van der Waals surface area contributed by atoms with E-state index < -0.39 is 0 Å². The van der Waals surface area contributed by atoms with Crippen LogP contribution in [0.15, 0.2) is 78.9 Å². The number of carbonyl (C=O) groups is 1. The summed E-state index contributed by atoms with van der Waals surface area (Å²) in [6.07, 6.45) is 0. The molecule has 3 aromatic carbocycles. The Morgan fingerprint density at radius 2 is 1.70 bits per heavy atom. The molecule has 0 aliphatic carbocycles. The van der Waals surface area contributed by atoms with Crippen LogP contribution in [0.3, 0.4) is 0 Å². The number of hydrogen-bond acceptors (Lipinski definition) is 3. The second-order valence-corrected chi connectivity index (χ2v) is 6.33. The molecule has 1 N–H and O–H groups in total. The number of halogens is 1. The molecule has 0 aliphatic rings. The molecule has 1 amide bonds. The molecule has 3 aromatic rings. The molecule has 0 aliphatic heterocycles. The maximum absolute atomic E-state index is 12.5. The molecule has 0 aromatic heterocycles. The maximum atomic E-state index is 12.5. The second kappa shape index (κ2) is 8.88. The maximum Gasteiger partial charge on any atom is 0.258 e. The van der Waals surface area contributed by atoms with Crippen molar-refractivity contribution in [3.05, 3.63) is 101 Å². The number of ether oxygens (including phenoxy) is 1. The highest BCUT2D eigenvalue weighted by atomic mass is 35.5. The summed E-state index contributed by atoms with van der Waals surface area (Å²) in [5.74, 6) is 0.216. The number of rotatable bonds is 6. The molecule has 134 valence electrons. The van der Waals surface area contributed by atoms with Crippen LogP contribution >= 0.6 is 11.6 Å². The first-order valence-corrected chi connectivity index (χ1v) is 8.76. The van der Waals surface area contributed by atoms with E-state index in [2.05, 4.69) is 5.32 Å². The summed E-state index contributed by atoms with van der Waals surface area (Å²) < 4.78 is 5.52. The van der Waals surface area contributed by atoms with Crippen molar-refractivity contribution in [2.24, 2.45) is 0 Å². The quantitative estimate of drug-likeness (QED) is 0.689. The number of benzene rings is 3. The van der Waals surface area contributed by atoms with Crippen LogP contribution < -0.4 is 10.1 Å². The van der Waals surface area contributed by atoms with Crippen LogP contribution in [0, 0.1) is 11.3 Å². The minimum absolute atomic E-state index is 0.147. The van der Waals surface area contributed by atoms with Crippen molar-refractivity contribution in [1.29, 1.82) is 5.26 Å². The monoisotopic (exact) mass is 376 g/mol. The van der Waals surface area contributed by atoms with Crippen LogP contribution in [0.5, 0.6) is 5.75 Å². The summed E-state index contributed by atoms with van der Waals surface area (Å²) in [7, 11) is 0. The summed E-state index contributed by atoms with van der Waals surface area (Å²) in [4.78, 5) is 12.5. The topological polar surface area (TPSA) is 62.1 Å². The van der Waals surface area contributed by atoms with Crippen molar-refractivity contribution >= 4 is 17.5 Å². The van der Waals surface area contributed by atoms with Gasteiger partial charge < -0.3 is 10.1 Å². The van der Waals surface area contributed by atoms with Crippen molar-refractivity contribution in [3.63, 3.8) is 0 Å². The van der Waals surface area contributed by atoms with E-state index in [4.69, 9.17) is 21.6 Å². The number of carbonyl (C=O) groups excluding carboxylic acids is 1. The third-order valence-electron chi connectivity index (χ3n) is 3.97. The zero-order valence-corrected chi connectivity index (χ0v) is 15.2. The second-order valence-electron chi connectivity index (χ2n) is 5.89. The van der Waals surface area contributed by atoms with Crippen LogP contribution in [0.2, 0.25) is 5.02 Å². The van der Waals surface area contributed by atoms with E-state index in [0.717, 1.165) is 11.1 Å². The van der Waals surface area contributed by atoms with E-state index in [1.807, 2.05) is 48.5 Å². The SMILES string of the molecule is N#Cc1cccc(OCC(=O)N[C@@H](c2ccccc2)c2ccc(Cl)cc2)c1. The van der Waals surface area contributed by atoms with Gasteiger partial charge in [-0.3, -0.25) is 4.79 Å². The first-order chi connectivity index (χ1) is 13.2. The Balaban J connectivity index is 1.72. The Morgan fingerprint density at radius 3 is 2.41 bits per heavy atom. The van der Waals surface area contributed by atoms with E-state index in [-0.39, 0.29) is 18.6 Å². The van der Waals surface area contributed by atoms with Gasteiger partial charge >= 0.3 is 0 Å². The van der Waals surface area contributed by atoms with Gasteiger partial charge in [-0.05, 0) is 41.5 Å². The Labute approximate surface area is 163 Å². The first-order valence-electron chi connectivity index (χ1n) is 8.38. The lowest BCUT2D eigenvalue weighted by atomic mass is 9.99. The van der Waals surface area contributed by atoms with Gasteiger partial charge in [-0.15, -0.1) is 0 Å². The Hall–Kier alpha value is -3.29. The highest BCUT2D eigenvalue weighted by Crippen LogP contribution is 2.23. The average molecular weight is 377 g/mol. The molecular formula is C22H17ClN2O2. The van der Waals surface area contributed by atoms with Gasteiger partial charge in [0.05, 0.1) is 17.7 Å². The van der Waals surface area contributed by atoms with Gasteiger partial charge in [0.2, 0.25) is 0 Å². The zero-order chi connectivity index (χ0) is 19.1. The van der Waals surface area contributed by atoms with E-state index in [9.17, 15) is 4.79 Å². The molecule has 5 heteroatoms. The fourth-order valence-corrected chi connectivity index (χ4v) is 2.79. The number of nitriles is 1. The molecule has 0 unspecified atom stereocenters. The predicted molar refractivity (Wildman–Crippen MR) is 105 cm³/mol. The van der Waals surface area contributed by atoms with Crippen molar-refractivity contribution in [2.75, 3.05) is 6.61 Å². The molecule has 3 rings (SSSR count). The fraction of sp³-hybridized carbons (Fsp3) is 0.0909. The molecule has 0 saturated heterocycles. The molecule has 0 saturated carbocycles. The lowest BCUT2D eigenvalue weighted by Gasteiger charge is -2.20. The van der Waals surface area contributed by atoms with Gasteiger partial charge in [-0.25, -0.2) is 0 Å². The van der Waals surface area contributed by atoms with Gasteiger partial charge in [-0.1, -0.05) is 60.1 Å². The lowest BCUT2D eigenvalue weighted by Crippen LogP contribution is -2.33. The third-order valence-corrected chi connectivity index (χ3v) is 4.23. The van der Waals surface area contributed by atoms with Crippen LogP contribution in [-0.2, 0) is 4.79 Å². The molecule has 1 atom stereocenters. The Kier molecular flexibility index (Phi) is 6.09. The van der Waals surface area contributed by atoms with Crippen molar-refractivity contribution in [2.45, 2.75) is 6.04 Å². The summed E-state index contributed by atoms with van der Waals surface area (Å²) in [6.45, 7) is -0.147. The van der Waals surface area contributed by atoms with Crippen LogP contribution in [0.25, 0.3) is 0 Å². The fourth-order valence-electron chi connectivity index (χ4n) is 2.67. The molecular weight excluding hydrogens is 360 g/mol. The molecule has 0 heterocycles. The van der Waals surface area contributed by atoms with Gasteiger partial charge in [0.1, 0.15) is 5.75 Å². The van der Waals surface area contributed by atoms with Gasteiger partial charge in [0, 0.05) is 5.02 Å². The molecule has 4 nitrogen and oxygen atoms in total. The smallest absolute Gasteiger partial charge is 0.258 e. The number of nitrogens with one attached hydrogen (secondary N) is 1. The Bertz CT molecular complexity index is 950. The largest absolute Gasteiger partial charge is 0.484 e. The minimum Gasteiger partial charge on any atom is -0.484 e. The number of nitrogens with zero attached hydrogens (tertiary/aromatic N) is 1. The molecule has 27 heavy (non-hydrogen) atoms. The minimum atomic E-state index is -0.315. The van der Waals surface area contributed by atoms with E-state index >= 15 is 0 Å². The zero-order valence-electron chi connectivity index (χ0n) is 14.4. The highest BCUT2D eigenvalue weighted by Gasteiger charge is 2.17. The predicted octanol–water partition coefficient (Wildman–Crippen LogP) is 4.50.